The van der Waals surface area contributed by atoms with Crippen molar-refractivity contribution in [1.29, 1.82) is 0 Å². The molecule has 0 bridgehead atoms. The Bertz CT molecular complexity index is 573. The minimum atomic E-state index is 0.620. The molecule has 0 aliphatic heterocycles. The van der Waals surface area contributed by atoms with Gasteiger partial charge in [-0.25, -0.2) is 4.68 Å². The molecule has 0 amide bonds. The van der Waals surface area contributed by atoms with E-state index in [9.17, 15) is 0 Å². The Morgan fingerprint density at radius 3 is 3.06 bits per heavy atom. The van der Waals surface area contributed by atoms with Gasteiger partial charge in [0.2, 0.25) is 4.80 Å². The number of aryl methyl sites for hydroxylation is 1. The first-order chi connectivity index (χ1) is 8.31. The molecule has 2 aromatic heterocycles. The molecular weight excluding hydrogens is 250 g/mol. The van der Waals surface area contributed by atoms with E-state index in [0.717, 1.165) is 15.4 Å². The predicted molar refractivity (Wildman–Crippen MR) is 75.0 cm³/mol. The quantitative estimate of drug-likeness (QED) is 0.600. The third-order valence-corrected chi connectivity index (χ3v) is 3.83. The summed E-state index contributed by atoms with van der Waals surface area (Å²) >= 11 is 3.26. The molecule has 3 nitrogen and oxygen atoms in total. The molecule has 0 aliphatic rings. The van der Waals surface area contributed by atoms with Crippen molar-refractivity contribution < 1.29 is 0 Å². The molecule has 2 heterocycles. The number of thiazole rings is 1. The van der Waals surface area contributed by atoms with Gasteiger partial charge >= 0.3 is 0 Å². The molecule has 0 aromatic carbocycles. The fourth-order valence-electron chi connectivity index (χ4n) is 1.26. The largest absolute Gasteiger partial charge is 0.253 e. The van der Waals surface area contributed by atoms with Crippen LogP contribution in [-0.4, -0.2) is 17.4 Å². The van der Waals surface area contributed by atoms with Gasteiger partial charge in [0.1, 0.15) is 0 Å². The number of thiophene rings is 1. The van der Waals surface area contributed by atoms with Gasteiger partial charge in [-0.2, -0.15) is 5.10 Å². The molecule has 2 rings (SSSR count). The fourth-order valence-corrected chi connectivity index (χ4v) is 2.65. The lowest BCUT2D eigenvalue weighted by molar-refractivity contribution is 0.799. The number of aromatic nitrogens is 1. The first kappa shape index (κ1) is 12.0. The van der Waals surface area contributed by atoms with E-state index < -0.39 is 0 Å². The summed E-state index contributed by atoms with van der Waals surface area (Å²) in [6, 6.07) is 4.05. The van der Waals surface area contributed by atoms with Crippen LogP contribution < -0.4 is 4.80 Å². The van der Waals surface area contributed by atoms with Crippen molar-refractivity contribution in [1.82, 2.24) is 4.68 Å². The molecule has 0 saturated heterocycles. The molecule has 5 heteroatoms. The molecule has 88 valence electrons. The van der Waals surface area contributed by atoms with Crippen molar-refractivity contribution >= 4 is 28.9 Å². The van der Waals surface area contributed by atoms with E-state index in [4.69, 9.17) is 0 Å². The van der Waals surface area contributed by atoms with Crippen LogP contribution in [0.25, 0.3) is 0 Å². The average molecular weight is 263 g/mol. The second kappa shape index (κ2) is 5.75. The highest BCUT2D eigenvalue weighted by atomic mass is 32.1. The lowest BCUT2D eigenvalue weighted by Gasteiger charge is -1.95. The van der Waals surface area contributed by atoms with E-state index in [1.165, 1.54) is 0 Å². The fraction of sp³-hybridized carbons (Fsp3) is 0.167. The van der Waals surface area contributed by atoms with Gasteiger partial charge in [0.15, 0.2) is 0 Å². The van der Waals surface area contributed by atoms with Crippen molar-refractivity contribution in [3.05, 3.63) is 50.9 Å². The molecule has 0 fully saturated rings. The summed E-state index contributed by atoms with van der Waals surface area (Å²) in [5, 5.41) is 8.53. The van der Waals surface area contributed by atoms with Crippen molar-refractivity contribution in [2.45, 2.75) is 6.92 Å². The van der Waals surface area contributed by atoms with E-state index >= 15 is 0 Å². The van der Waals surface area contributed by atoms with E-state index in [1.54, 1.807) is 28.7 Å². The first-order valence-corrected chi connectivity index (χ1v) is 6.93. The van der Waals surface area contributed by atoms with E-state index in [0.29, 0.717) is 6.54 Å². The first-order valence-electron chi connectivity index (χ1n) is 5.17. The number of hydrogen-bond donors (Lipinski definition) is 0. The van der Waals surface area contributed by atoms with Crippen LogP contribution in [0.15, 0.2) is 45.6 Å². The van der Waals surface area contributed by atoms with Gasteiger partial charge in [-0.3, -0.25) is 4.99 Å². The molecule has 0 atom stereocenters. The van der Waals surface area contributed by atoms with Gasteiger partial charge in [-0.1, -0.05) is 12.1 Å². The van der Waals surface area contributed by atoms with Gasteiger partial charge in [0.25, 0.3) is 0 Å². The zero-order valence-electron chi connectivity index (χ0n) is 9.54. The Kier molecular flexibility index (Phi) is 4.06. The van der Waals surface area contributed by atoms with Gasteiger partial charge in [-0.15, -0.1) is 29.3 Å². The highest BCUT2D eigenvalue weighted by Crippen LogP contribution is 2.05. The Hall–Kier alpha value is -1.46. The molecule has 0 unspecified atom stereocenters. The predicted octanol–water partition coefficient (Wildman–Crippen LogP) is 2.89. The van der Waals surface area contributed by atoms with Crippen molar-refractivity contribution in [2.75, 3.05) is 6.54 Å². The third-order valence-electron chi connectivity index (χ3n) is 2.05. The molecule has 0 radical (unpaired) electrons. The highest BCUT2D eigenvalue weighted by Gasteiger charge is 1.98. The van der Waals surface area contributed by atoms with E-state index in [1.807, 2.05) is 40.7 Å². The summed E-state index contributed by atoms with van der Waals surface area (Å²) in [6.45, 7) is 6.31. The molecule has 0 N–H and O–H groups in total. The van der Waals surface area contributed by atoms with Crippen LogP contribution in [0.1, 0.15) is 10.6 Å². The van der Waals surface area contributed by atoms with Crippen LogP contribution in [0.5, 0.6) is 0 Å². The van der Waals surface area contributed by atoms with Gasteiger partial charge < -0.3 is 0 Å². The number of rotatable bonds is 4. The molecule has 2 aromatic rings. The van der Waals surface area contributed by atoms with E-state index in [2.05, 4.69) is 16.7 Å². The maximum Gasteiger partial charge on any atom is 0.206 e. The minimum Gasteiger partial charge on any atom is -0.253 e. The summed E-state index contributed by atoms with van der Waals surface area (Å²) in [7, 11) is 0. The maximum absolute atomic E-state index is 4.45. The van der Waals surface area contributed by atoms with Crippen LogP contribution in [0.2, 0.25) is 0 Å². The zero-order chi connectivity index (χ0) is 12.1. The monoisotopic (exact) mass is 263 g/mol. The molecule has 0 saturated carbocycles. The van der Waals surface area contributed by atoms with Crippen molar-refractivity contribution in [3.63, 3.8) is 0 Å². The lowest BCUT2D eigenvalue weighted by Crippen LogP contribution is -2.12. The topological polar surface area (TPSA) is 29.6 Å². The third kappa shape index (κ3) is 3.01. The Morgan fingerprint density at radius 1 is 1.47 bits per heavy atom. The number of nitrogens with zero attached hydrogens (tertiary/aromatic N) is 3. The second-order valence-electron chi connectivity index (χ2n) is 3.36. The maximum atomic E-state index is 4.45. The van der Waals surface area contributed by atoms with Crippen LogP contribution >= 0.6 is 22.7 Å². The Balaban J connectivity index is 2.32. The smallest absolute Gasteiger partial charge is 0.206 e. The van der Waals surface area contributed by atoms with Crippen LogP contribution in [0.4, 0.5) is 0 Å². The SMILES string of the molecule is C=CCN=c1scc(C)n1N=Cc1cccs1. The standard InChI is InChI=1S/C12H13N3S2/c1-3-6-13-12-15(10(2)9-17-12)14-8-11-5-4-7-16-11/h3-5,7-9H,1,6H2,2H3. The van der Waals surface area contributed by atoms with Gasteiger partial charge in [0, 0.05) is 10.3 Å². The Labute approximate surface area is 108 Å². The molecule has 0 spiro atoms. The zero-order valence-corrected chi connectivity index (χ0v) is 11.2. The number of hydrogen-bond acceptors (Lipinski definition) is 4. The summed E-state index contributed by atoms with van der Waals surface area (Å²) in [6.07, 6.45) is 3.64. The normalized spacial score (nSPS) is 12.4. The van der Waals surface area contributed by atoms with Crippen molar-refractivity contribution in [3.8, 4) is 0 Å². The summed E-state index contributed by atoms with van der Waals surface area (Å²) in [4.78, 5) is 6.43. The summed E-state index contributed by atoms with van der Waals surface area (Å²) in [5.41, 5.74) is 1.09. The van der Waals surface area contributed by atoms with E-state index in [-0.39, 0.29) is 0 Å². The minimum absolute atomic E-state index is 0.620. The van der Waals surface area contributed by atoms with Gasteiger partial charge in [-0.05, 0) is 18.4 Å². The summed E-state index contributed by atoms with van der Waals surface area (Å²) in [5.74, 6) is 0. The molecule has 0 aliphatic carbocycles. The van der Waals surface area contributed by atoms with Crippen molar-refractivity contribution in [2.24, 2.45) is 10.1 Å². The lowest BCUT2D eigenvalue weighted by atomic mass is 10.5. The molecular formula is C12H13N3S2. The van der Waals surface area contributed by atoms with Crippen LogP contribution in [0.3, 0.4) is 0 Å². The second-order valence-corrected chi connectivity index (χ2v) is 5.18. The van der Waals surface area contributed by atoms with Crippen LogP contribution in [-0.2, 0) is 0 Å². The van der Waals surface area contributed by atoms with Gasteiger partial charge in [0.05, 0.1) is 18.5 Å². The summed E-state index contributed by atoms with van der Waals surface area (Å²) < 4.78 is 1.86. The highest BCUT2D eigenvalue weighted by molar-refractivity contribution is 7.11. The average Bonchev–Trinajstić information content (AvgIpc) is 2.94. The molecule has 17 heavy (non-hydrogen) atoms. The Morgan fingerprint density at radius 2 is 2.35 bits per heavy atom. The van der Waals surface area contributed by atoms with Crippen LogP contribution in [0, 0.1) is 6.92 Å².